The van der Waals surface area contributed by atoms with Crippen LogP contribution in [0.3, 0.4) is 0 Å². The van der Waals surface area contributed by atoms with Gasteiger partial charge in [0, 0.05) is 17.4 Å². The zero-order valence-electron chi connectivity index (χ0n) is 12.6. The van der Waals surface area contributed by atoms with Crippen molar-refractivity contribution in [1.29, 1.82) is 0 Å². The van der Waals surface area contributed by atoms with Crippen LogP contribution in [0.1, 0.15) is 44.4 Å². The maximum Gasteiger partial charge on any atom is 0.225 e. The second kappa shape index (κ2) is 5.44. The first-order valence-electron chi connectivity index (χ1n) is 7.01. The molecule has 0 radical (unpaired) electrons. The van der Waals surface area contributed by atoms with Gasteiger partial charge in [-0.15, -0.1) is 0 Å². The molecule has 1 aromatic rings. The van der Waals surface area contributed by atoms with Crippen LogP contribution in [0.15, 0.2) is 18.2 Å². The van der Waals surface area contributed by atoms with Gasteiger partial charge in [-0.2, -0.15) is 0 Å². The molecule has 0 aromatic heterocycles. The van der Waals surface area contributed by atoms with Gasteiger partial charge in [0.15, 0.2) is 0 Å². The van der Waals surface area contributed by atoms with E-state index >= 15 is 0 Å². The molecule has 2 N–H and O–H groups in total. The van der Waals surface area contributed by atoms with Crippen LogP contribution < -0.4 is 10.1 Å². The van der Waals surface area contributed by atoms with Gasteiger partial charge in [-0.05, 0) is 19.1 Å². The number of fused-ring (bicyclic) bond motifs is 1. The number of aryl methyl sites for hydroxylation is 1. The highest BCUT2D eigenvalue weighted by molar-refractivity contribution is 5.81. The first kappa shape index (κ1) is 14.9. The van der Waals surface area contributed by atoms with E-state index in [0.717, 1.165) is 11.1 Å². The molecule has 0 fully saturated rings. The van der Waals surface area contributed by atoms with Crippen molar-refractivity contribution in [3.05, 3.63) is 29.3 Å². The largest absolute Gasteiger partial charge is 0.493 e. The van der Waals surface area contributed by atoms with Gasteiger partial charge in [0.25, 0.3) is 0 Å². The van der Waals surface area contributed by atoms with Crippen molar-refractivity contribution in [2.45, 2.75) is 46.3 Å². The summed E-state index contributed by atoms with van der Waals surface area (Å²) in [7, 11) is 0. The van der Waals surface area contributed by atoms with E-state index in [4.69, 9.17) is 4.74 Å². The van der Waals surface area contributed by atoms with Crippen molar-refractivity contribution in [1.82, 2.24) is 5.32 Å². The molecule has 1 heterocycles. The molecule has 0 saturated carbocycles. The molecule has 1 aromatic carbocycles. The van der Waals surface area contributed by atoms with E-state index in [9.17, 15) is 9.90 Å². The van der Waals surface area contributed by atoms with Gasteiger partial charge in [-0.3, -0.25) is 4.79 Å². The normalized spacial score (nSPS) is 22.4. The number of benzene rings is 1. The second-order valence-electron chi connectivity index (χ2n) is 6.45. The molecule has 1 amide bonds. The molecule has 1 aliphatic rings. The first-order chi connectivity index (χ1) is 9.29. The highest BCUT2D eigenvalue weighted by atomic mass is 16.5. The Labute approximate surface area is 120 Å². The fourth-order valence-corrected chi connectivity index (χ4v) is 2.24. The van der Waals surface area contributed by atoms with Crippen molar-refractivity contribution in [2.24, 2.45) is 5.41 Å². The van der Waals surface area contributed by atoms with E-state index < -0.39 is 11.5 Å². The summed E-state index contributed by atoms with van der Waals surface area (Å²) >= 11 is 0. The quantitative estimate of drug-likeness (QED) is 0.828. The maximum absolute atomic E-state index is 12.1. The van der Waals surface area contributed by atoms with Gasteiger partial charge < -0.3 is 15.2 Å². The molecule has 1 aliphatic heterocycles. The molecule has 0 aliphatic carbocycles. The lowest BCUT2D eigenvalue weighted by Crippen LogP contribution is -2.44. The van der Waals surface area contributed by atoms with E-state index in [2.05, 4.69) is 5.32 Å². The smallest absolute Gasteiger partial charge is 0.225 e. The number of carbonyl (C=O) groups is 1. The van der Waals surface area contributed by atoms with Crippen molar-refractivity contribution in [3.63, 3.8) is 0 Å². The Morgan fingerprint density at radius 2 is 2.10 bits per heavy atom. The summed E-state index contributed by atoms with van der Waals surface area (Å²) in [5.74, 6) is 0.647. The summed E-state index contributed by atoms with van der Waals surface area (Å²) in [6, 6.07) is 5.44. The molecule has 4 heteroatoms. The van der Waals surface area contributed by atoms with Gasteiger partial charge in [0.05, 0.1) is 12.6 Å². The highest BCUT2D eigenvalue weighted by Crippen LogP contribution is 2.32. The van der Waals surface area contributed by atoms with Crippen molar-refractivity contribution in [3.8, 4) is 5.75 Å². The lowest BCUT2D eigenvalue weighted by atomic mass is 9.93. The molecule has 0 bridgehead atoms. The SMILES string of the molecule is Cc1ccc2c(c1)C(O)C(NC(=O)C(C)(C)C)CCO2. The minimum absolute atomic E-state index is 0.0577. The minimum Gasteiger partial charge on any atom is -0.493 e. The minimum atomic E-state index is -0.737. The van der Waals surface area contributed by atoms with Crippen LogP contribution in [0.4, 0.5) is 0 Å². The molecule has 20 heavy (non-hydrogen) atoms. The number of rotatable bonds is 1. The monoisotopic (exact) mass is 277 g/mol. The molecule has 2 rings (SSSR count). The summed E-state index contributed by atoms with van der Waals surface area (Å²) in [5.41, 5.74) is 1.35. The number of aliphatic hydroxyl groups is 1. The number of carbonyl (C=O) groups excluding carboxylic acids is 1. The van der Waals surface area contributed by atoms with E-state index in [1.54, 1.807) is 0 Å². The zero-order valence-corrected chi connectivity index (χ0v) is 12.6. The van der Waals surface area contributed by atoms with Gasteiger partial charge in [0.1, 0.15) is 11.9 Å². The molecular weight excluding hydrogens is 254 g/mol. The van der Waals surface area contributed by atoms with Crippen molar-refractivity contribution in [2.75, 3.05) is 6.61 Å². The summed E-state index contributed by atoms with van der Waals surface area (Å²) in [4.78, 5) is 12.1. The fraction of sp³-hybridized carbons (Fsp3) is 0.562. The Hall–Kier alpha value is -1.55. The van der Waals surface area contributed by atoms with E-state index in [1.165, 1.54) is 0 Å². The zero-order chi connectivity index (χ0) is 14.9. The molecular formula is C16H23NO3. The van der Waals surface area contributed by atoms with Crippen LogP contribution >= 0.6 is 0 Å². The Kier molecular flexibility index (Phi) is 4.04. The highest BCUT2D eigenvalue weighted by Gasteiger charge is 2.31. The van der Waals surface area contributed by atoms with Crippen LogP contribution in [0.5, 0.6) is 5.75 Å². The summed E-state index contributed by atoms with van der Waals surface area (Å²) in [6.07, 6.45) is -0.143. The predicted molar refractivity (Wildman–Crippen MR) is 77.6 cm³/mol. The Balaban J connectivity index is 2.23. The Morgan fingerprint density at radius 3 is 2.75 bits per heavy atom. The molecule has 2 atom stereocenters. The third-order valence-corrected chi connectivity index (χ3v) is 3.55. The summed E-state index contributed by atoms with van der Waals surface area (Å²) in [6.45, 7) is 8.04. The molecule has 0 saturated heterocycles. The number of nitrogens with one attached hydrogen (secondary N) is 1. The van der Waals surface area contributed by atoms with Crippen LogP contribution in [0.25, 0.3) is 0 Å². The van der Waals surface area contributed by atoms with Crippen LogP contribution in [-0.2, 0) is 4.79 Å². The second-order valence-corrected chi connectivity index (χ2v) is 6.45. The third kappa shape index (κ3) is 3.12. The molecule has 0 spiro atoms. The van der Waals surface area contributed by atoms with Gasteiger partial charge >= 0.3 is 0 Å². The molecule has 4 nitrogen and oxygen atoms in total. The maximum atomic E-state index is 12.1. The van der Waals surface area contributed by atoms with Crippen LogP contribution in [0, 0.1) is 12.3 Å². The average molecular weight is 277 g/mol. The summed E-state index contributed by atoms with van der Waals surface area (Å²) < 4.78 is 5.66. The standard InChI is InChI=1S/C16H23NO3/c1-10-5-6-13-11(9-10)14(18)12(7-8-20-13)17-15(19)16(2,3)4/h5-6,9,12,14,18H,7-8H2,1-4H3,(H,17,19). The lowest BCUT2D eigenvalue weighted by molar-refractivity contribution is -0.130. The number of hydrogen-bond donors (Lipinski definition) is 2. The van der Waals surface area contributed by atoms with Crippen LogP contribution in [-0.4, -0.2) is 23.7 Å². The van der Waals surface area contributed by atoms with Crippen LogP contribution in [0.2, 0.25) is 0 Å². The number of amides is 1. The van der Waals surface area contributed by atoms with Gasteiger partial charge in [-0.1, -0.05) is 32.4 Å². The number of ether oxygens (including phenoxy) is 1. The Bertz CT molecular complexity index is 505. The number of aliphatic hydroxyl groups excluding tert-OH is 1. The van der Waals surface area contributed by atoms with Crippen molar-refractivity contribution >= 4 is 5.91 Å². The summed E-state index contributed by atoms with van der Waals surface area (Å²) in [5, 5.41) is 13.5. The van der Waals surface area contributed by atoms with E-state index in [-0.39, 0.29) is 11.9 Å². The average Bonchev–Trinajstić information content (AvgIpc) is 2.50. The molecule has 2 unspecified atom stereocenters. The van der Waals surface area contributed by atoms with E-state index in [1.807, 2.05) is 45.9 Å². The first-order valence-corrected chi connectivity index (χ1v) is 7.01. The van der Waals surface area contributed by atoms with Crippen molar-refractivity contribution < 1.29 is 14.6 Å². The lowest BCUT2D eigenvalue weighted by Gasteiger charge is -2.26. The van der Waals surface area contributed by atoms with Gasteiger partial charge in [0.2, 0.25) is 5.91 Å². The topological polar surface area (TPSA) is 58.6 Å². The third-order valence-electron chi connectivity index (χ3n) is 3.55. The molecule has 110 valence electrons. The van der Waals surface area contributed by atoms with E-state index in [0.29, 0.717) is 18.8 Å². The van der Waals surface area contributed by atoms with Gasteiger partial charge in [-0.25, -0.2) is 0 Å². The fourth-order valence-electron chi connectivity index (χ4n) is 2.24. The Morgan fingerprint density at radius 1 is 1.40 bits per heavy atom. The number of hydrogen-bond acceptors (Lipinski definition) is 3. The predicted octanol–water partition coefficient (Wildman–Crippen LogP) is 2.34.